The monoisotopic (exact) mass is 334 g/mol. The smallest absolute Gasteiger partial charge is 0.273 e. The zero-order valence-electron chi connectivity index (χ0n) is 12.4. The molecule has 2 aromatic rings. The van der Waals surface area contributed by atoms with Crippen molar-refractivity contribution in [2.75, 3.05) is 4.72 Å². The lowest BCUT2D eigenvalue weighted by molar-refractivity contribution is -0.385. The molecule has 8 heteroatoms. The maximum atomic E-state index is 12.4. The lowest BCUT2D eigenvalue weighted by Crippen LogP contribution is -2.15. The normalized spacial score (nSPS) is 11.0. The molecule has 2 rings (SSSR count). The molecule has 0 radical (unpaired) electrons. The second-order valence-electron chi connectivity index (χ2n) is 4.91. The van der Waals surface area contributed by atoms with Gasteiger partial charge in [0.2, 0.25) is 0 Å². The summed E-state index contributed by atoms with van der Waals surface area (Å²) in [6.45, 7) is 2.84. The van der Waals surface area contributed by atoms with Gasteiger partial charge in [0, 0.05) is 17.2 Å². The van der Waals surface area contributed by atoms with Crippen molar-refractivity contribution < 1.29 is 18.1 Å². The minimum absolute atomic E-state index is 0.128. The van der Waals surface area contributed by atoms with Crippen LogP contribution in [0.4, 0.5) is 11.4 Å². The SMILES string of the molecule is CC(=O)c1ccccc1NS(=O)(=O)c1ccc(C)c([N+](=O)[O-])c1. The summed E-state index contributed by atoms with van der Waals surface area (Å²) in [7, 11) is -4.05. The maximum Gasteiger partial charge on any atom is 0.273 e. The average molecular weight is 334 g/mol. The zero-order chi connectivity index (χ0) is 17.2. The predicted molar refractivity (Wildman–Crippen MR) is 85.1 cm³/mol. The molecule has 0 saturated carbocycles. The van der Waals surface area contributed by atoms with Crippen LogP contribution in [0.3, 0.4) is 0 Å². The van der Waals surface area contributed by atoms with Crippen molar-refractivity contribution >= 4 is 27.2 Å². The average Bonchev–Trinajstić information content (AvgIpc) is 2.47. The first kappa shape index (κ1) is 16.6. The van der Waals surface area contributed by atoms with Crippen molar-refractivity contribution in [3.63, 3.8) is 0 Å². The summed E-state index contributed by atoms with van der Waals surface area (Å²) in [6.07, 6.45) is 0. The van der Waals surface area contributed by atoms with Gasteiger partial charge in [-0.1, -0.05) is 18.2 Å². The standard InChI is InChI=1S/C15H14N2O5S/c1-10-7-8-12(9-15(10)17(19)20)23(21,22)16-14-6-4-3-5-13(14)11(2)18/h3-9,16H,1-2H3. The molecular formula is C15H14N2O5S. The Morgan fingerprint density at radius 2 is 1.83 bits per heavy atom. The predicted octanol–water partition coefficient (Wildman–Crippen LogP) is 2.91. The van der Waals surface area contributed by atoms with Crippen LogP contribution >= 0.6 is 0 Å². The van der Waals surface area contributed by atoms with Gasteiger partial charge in [-0.2, -0.15) is 0 Å². The van der Waals surface area contributed by atoms with Gasteiger partial charge in [-0.15, -0.1) is 0 Å². The Morgan fingerprint density at radius 3 is 2.43 bits per heavy atom. The van der Waals surface area contributed by atoms with E-state index >= 15 is 0 Å². The summed E-state index contributed by atoms with van der Waals surface area (Å²) in [5.41, 5.74) is 0.423. The molecule has 0 amide bonds. The van der Waals surface area contributed by atoms with Crippen molar-refractivity contribution in [3.05, 3.63) is 63.7 Å². The topological polar surface area (TPSA) is 106 Å². The largest absolute Gasteiger partial charge is 0.294 e. The molecule has 7 nitrogen and oxygen atoms in total. The number of Topliss-reactive ketones (excluding diaryl/α,β-unsaturated/α-hetero) is 1. The first-order valence-electron chi connectivity index (χ1n) is 6.60. The first-order valence-corrected chi connectivity index (χ1v) is 8.08. The highest BCUT2D eigenvalue weighted by Gasteiger charge is 2.21. The number of anilines is 1. The fraction of sp³-hybridized carbons (Fsp3) is 0.133. The summed E-state index contributed by atoms with van der Waals surface area (Å²) in [6, 6.07) is 9.79. The van der Waals surface area contributed by atoms with Crippen molar-refractivity contribution in [2.24, 2.45) is 0 Å². The van der Waals surface area contributed by atoms with Gasteiger partial charge < -0.3 is 0 Å². The van der Waals surface area contributed by atoms with Crippen LogP contribution in [0.15, 0.2) is 47.4 Å². The third-order valence-corrected chi connectivity index (χ3v) is 4.60. The lowest BCUT2D eigenvalue weighted by Gasteiger charge is -2.11. The second kappa shape index (κ2) is 6.17. The number of nitrogens with zero attached hydrogens (tertiary/aromatic N) is 1. The fourth-order valence-corrected chi connectivity index (χ4v) is 3.14. The molecule has 23 heavy (non-hydrogen) atoms. The molecule has 0 aromatic heterocycles. The zero-order valence-corrected chi connectivity index (χ0v) is 13.3. The molecule has 0 fully saturated rings. The van der Waals surface area contributed by atoms with E-state index in [0.29, 0.717) is 5.56 Å². The fourth-order valence-electron chi connectivity index (χ4n) is 2.04. The number of hydrogen-bond donors (Lipinski definition) is 1. The minimum atomic E-state index is -4.05. The maximum absolute atomic E-state index is 12.4. The molecule has 0 saturated heterocycles. The van der Waals surface area contributed by atoms with Crippen LogP contribution in [0, 0.1) is 17.0 Å². The van der Waals surface area contributed by atoms with E-state index in [-0.39, 0.29) is 27.6 Å². The molecule has 120 valence electrons. The number of hydrogen-bond acceptors (Lipinski definition) is 5. The third-order valence-electron chi connectivity index (χ3n) is 3.24. The Kier molecular flexibility index (Phi) is 4.46. The van der Waals surface area contributed by atoms with E-state index in [2.05, 4.69) is 4.72 Å². The number of rotatable bonds is 5. The van der Waals surface area contributed by atoms with E-state index < -0.39 is 14.9 Å². The Balaban J connectivity index is 2.47. The molecule has 0 aliphatic rings. The summed E-state index contributed by atoms with van der Waals surface area (Å²) >= 11 is 0. The van der Waals surface area contributed by atoms with E-state index in [1.807, 2.05) is 0 Å². The van der Waals surface area contributed by atoms with E-state index in [1.54, 1.807) is 12.1 Å². The minimum Gasteiger partial charge on any atom is -0.294 e. The number of ketones is 1. The van der Waals surface area contributed by atoms with Crippen LogP contribution in [-0.2, 0) is 10.0 Å². The highest BCUT2D eigenvalue weighted by molar-refractivity contribution is 7.92. The molecule has 2 aromatic carbocycles. The van der Waals surface area contributed by atoms with Gasteiger partial charge in [-0.25, -0.2) is 8.42 Å². The van der Waals surface area contributed by atoms with E-state index in [4.69, 9.17) is 0 Å². The van der Waals surface area contributed by atoms with E-state index in [0.717, 1.165) is 6.07 Å². The molecule has 0 unspecified atom stereocenters. The second-order valence-corrected chi connectivity index (χ2v) is 6.60. The van der Waals surface area contributed by atoms with Crippen molar-refractivity contribution in [1.29, 1.82) is 0 Å². The van der Waals surface area contributed by atoms with E-state index in [1.165, 1.54) is 38.1 Å². The number of para-hydroxylation sites is 1. The summed E-state index contributed by atoms with van der Waals surface area (Å²) in [5, 5.41) is 10.9. The highest BCUT2D eigenvalue weighted by Crippen LogP contribution is 2.25. The van der Waals surface area contributed by atoms with E-state index in [9.17, 15) is 23.3 Å². The van der Waals surface area contributed by atoms with Crippen molar-refractivity contribution in [2.45, 2.75) is 18.7 Å². The number of nitrogens with one attached hydrogen (secondary N) is 1. The molecule has 0 bridgehead atoms. The molecule has 0 aliphatic carbocycles. The molecule has 0 spiro atoms. The molecule has 0 aliphatic heterocycles. The van der Waals surface area contributed by atoms with Crippen LogP contribution in [0.5, 0.6) is 0 Å². The van der Waals surface area contributed by atoms with Gasteiger partial charge >= 0.3 is 0 Å². The number of sulfonamides is 1. The molecule has 0 atom stereocenters. The van der Waals surface area contributed by atoms with Gasteiger partial charge in [0.05, 0.1) is 15.5 Å². The van der Waals surface area contributed by atoms with Crippen LogP contribution < -0.4 is 4.72 Å². The first-order chi connectivity index (χ1) is 10.7. The number of aryl methyl sites for hydroxylation is 1. The van der Waals surface area contributed by atoms with Crippen molar-refractivity contribution in [1.82, 2.24) is 0 Å². The third kappa shape index (κ3) is 3.54. The van der Waals surface area contributed by atoms with Gasteiger partial charge in [0.15, 0.2) is 5.78 Å². The number of nitro groups is 1. The highest BCUT2D eigenvalue weighted by atomic mass is 32.2. The van der Waals surface area contributed by atoms with Crippen LogP contribution in [0.25, 0.3) is 0 Å². The van der Waals surface area contributed by atoms with Gasteiger partial charge in [0.1, 0.15) is 0 Å². The Bertz CT molecular complexity index is 890. The lowest BCUT2D eigenvalue weighted by atomic mass is 10.1. The Hall–Kier alpha value is -2.74. The summed E-state index contributed by atoms with van der Waals surface area (Å²) in [5.74, 6) is -0.293. The van der Waals surface area contributed by atoms with Crippen LogP contribution in [0.2, 0.25) is 0 Å². The van der Waals surface area contributed by atoms with Gasteiger partial charge in [-0.3, -0.25) is 19.6 Å². The van der Waals surface area contributed by atoms with Crippen molar-refractivity contribution in [3.8, 4) is 0 Å². The van der Waals surface area contributed by atoms with Gasteiger partial charge in [0.25, 0.3) is 15.7 Å². The molecule has 1 N–H and O–H groups in total. The number of carbonyl (C=O) groups excluding carboxylic acids is 1. The Morgan fingerprint density at radius 1 is 1.17 bits per heavy atom. The van der Waals surface area contributed by atoms with Crippen LogP contribution in [0.1, 0.15) is 22.8 Å². The number of carbonyl (C=O) groups is 1. The summed E-state index contributed by atoms with van der Waals surface area (Å²) in [4.78, 5) is 21.6. The molecular weight excluding hydrogens is 320 g/mol. The summed E-state index contributed by atoms with van der Waals surface area (Å²) < 4.78 is 27.1. The van der Waals surface area contributed by atoms with Gasteiger partial charge in [-0.05, 0) is 32.0 Å². The van der Waals surface area contributed by atoms with Crippen LogP contribution in [-0.4, -0.2) is 19.1 Å². The molecule has 0 heterocycles. The number of benzene rings is 2. The Labute approximate surface area is 133 Å². The number of nitro benzene ring substituents is 1. The quantitative estimate of drug-likeness (QED) is 0.514.